The first-order valence-electron chi connectivity index (χ1n) is 9.93. The van der Waals surface area contributed by atoms with Gasteiger partial charge in [0.15, 0.2) is 11.9 Å². The van der Waals surface area contributed by atoms with Gasteiger partial charge in [0.1, 0.15) is 0 Å². The Balaban J connectivity index is 1.61. The fourth-order valence-electron chi connectivity index (χ4n) is 5.32. The Kier molecular flexibility index (Phi) is 4.70. The van der Waals surface area contributed by atoms with Crippen molar-refractivity contribution in [2.75, 3.05) is 6.61 Å². The van der Waals surface area contributed by atoms with Crippen LogP contribution in [0.4, 0.5) is 4.79 Å². The van der Waals surface area contributed by atoms with Gasteiger partial charge in [-0.2, -0.15) is 0 Å². The molecule has 7 heteroatoms. The third-order valence-electron chi connectivity index (χ3n) is 6.73. The summed E-state index contributed by atoms with van der Waals surface area (Å²) in [6, 6.07) is 0. The van der Waals surface area contributed by atoms with E-state index >= 15 is 0 Å². The molecule has 7 nitrogen and oxygen atoms in total. The number of carbonyl (C=O) groups excluding carboxylic acids is 1. The smallest absolute Gasteiger partial charge is 0.434 e. The Labute approximate surface area is 154 Å². The van der Waals surface area contributed by atoms with Crippen LogP contribution < -0.4 is 0 Å². The molecule has 4 saturated heterocycles. The molecule has 26 heavy (non-hydrogen) atoms. The Hall–Kier alpha value is -0.890. The van der Waals surface area contributed by atoms with Crippen molar-refractivity contribution in [1.29, 1.82) is 0 Å². The van der Waals surface area contributed by atoms with Crippen molar-refractivity contribution in [3.05, 3.63) is 0 Å². The van der Waals surface area contributed by atoms with Crippen LogP contribution in [0.3, 0.4) is 0 Å². The highest BCUT2D eigenvalue weighted by Gasteiger charge is 2.69. The molecule has 8 atom stereocenters. The average molecular weight is 370 g/mol. The zero-order valence-electron chi connectivity index (χ0n) is 16.1. The van der Waals surface area contributed by atoms with Crippen LogP contribution in [0.2, 0.25) is 0 Å². The Morgan fingerprint density at radius 1 is 1.15 bits per heavy atom. The van der Waals surface area contributed by atoms with E-state index in [0.717, 1.165) is 32.1 Å². The molecule has 4 heterocycles. The minimum Gasteiger partial charge on any atom is -0.434 e. The molecule has 1 aliphatic carbocycles. The molecular weight excluding hydrogens is 340 g/mol. The molecule has 1 saturated carbocycles. The lowest BCUT2D eigenvalue weighted by Crippen LogP contribution is -2.70. The maximum atomic E-state index is 12.0. The number of hydrogen-bond donors (Lipinski definition) is 0. The minimum atomic E-state index is -0.828. The number of carbonyl (C=O) groups is 1. The molecule has 0 radical (unpaired) electrons. The van der Waals surface area contributed by atoms with Crippen molar-refractivity contribution in [3.63, 3.8) is 0 Å². The molecule has 0 amide bonds. The van der Waals surface area contributed by atoms with Crippen LogP contribution in [0.5, 0.6) is 0 Å². The van der Waals surface area contributed by atoms with Gasteiger partial charge in [-0.05, 0) is 44.4 Å². The first kappa shape index (κ1) is 18.5. The molecule has 0 unspecified atom stereocenters. The summed E-state index contributed by atoms with van der Waals surface area (Å²) in [5, 5.41) is 0. The van der Waals surface area contributed by atoms with Crippen molar-refractivity contribution >= 4 is 6.16 Å². The molecule has 2 bridgehead atoms. The molecule has 5 aliphatic rings. The molecule has 4 aliphatic heterocycles. The van der Waals surface area contributed by atoms with Gasteiger partial charge in [-0.25, -0.2) is 14.6 Å². The van der Waals surface area contributed by atoms with E-state index in [2.05, 4.69) is 6.92 Å². The van der Waals surface area contributed by atoms with Crippen LogP contribution in [0, 0.1) is 23.7 Å². The maximum absolute atomic E-state index is 12.0. The summed E-state index contributed by atoms with van der Waals surface area (Å²) in [7, 11) is 0. The van der Waals surface area contributed by atoms with Crippen LogP contribution in [-0.4, -0.2) is 36.7 Å². The molecule has 0 N–H and O–H groups in total. The highest BCUT2D eigenvalue weighted by molar-refractivity contribution is 5.60. The van der Waals surface area contributed by atoms with Gasteiger partial charge in [-0.15, -0.1) is 0 Å². The van der Waals surface area contributed by atoms with E-state index in [-0.39, 0.29) is 11.8 Å². The second-order valence-electron chi connectivity index (χ2n) is 8.49. The van der Waals surface area contributed by atoms with E-state index in [4.69, 9.17) is 28.7 Å². The first-order valence-corrected chi connectivity index (χ1v) is 9.93. The molecule has 0 aromatic rings. The largest absolute Gasteiger partial charge is 0.510 e. The normalized spacial score (nSPS) is 49.8. The lowest BCUT2D eigenvalue weighted by Gasteiger charge is -2.59. The monoisotopic (exact) mass is 370 g/mol. The van der Waals surface area contributed by atoms with Crippen molar-refractivity contribution in [3.8, 4) is 0 Å². The van der Waals surface area contributed by atoms with E-state index in [0.29, 0.717) is 18.4 Å². The molecule has 0 aromatic carbocycles. The Morgan fingerprint density at radius 2 is 1.96 bits per heavy atom. The summed E-state index contributed by atoms with van der Waals surface area (Å²) >= 11 is 0. The van der Waals surface area contributed by atoms with Crippen molar-refractivity contribution in [2.24, 2.45) is 23.7 Å². The van der Waals surface area contributed by atoms with Crippen molar-refractivity contribution < 1.29 is 33.5 Å². The van der Waals surface area contributed by atoms with E-state index < -0.39 is 30.1 Å². The van der Waals surface area contributed by atoms with Gasteiger partial charge in [0.25, 0.3) is 0 Å². The number of ether oxygens (including phenoxy) is 4. The standard InChI is InChI=1S/C19H30O7/c1-5-10-21-17(20)23-15-12(3)14-7-6-11(2)13-8-9-18(4)24-16(22-15)19(13,14)26-25-18/h11-16H,5-10H2,1-4H3/t11-,12-,13+,14+,15-,16-,18-,19-/m1/s1. The summed E-state index contributed by atoms with van der Waals surface area (Å²) in [5.41, 5.74) is -0.639. The van der Waals surface area contributed by atoms with Gasteiger partial charge in [-0.3, -0.25) is 0 Å². The highest BCUT2D eigenvalue weighted by Crippen LogP contribution is 2.60. The molecule has 5 fully saturated rings. The third kappa shape index (κ3) is 2.75. The SMILES string of the molecule is CCCOC(=O)O[C@H]1O[C@@H]2O[C@@]3(C)CC[C@H]4[C@H](C)CC[C@@H]([C@H]1C)[C@@]24OO3. The number of rotatable bonds is 3. The molecule has 1 spiro atoms. The summed E-state index contributed by atoms with van der Waals surface area (Å²) in [5.74, 6) is 0.0696. The molecular formula is C19H30O7. The molecule has 5 rings (SSSR count). The topological polar surface area (TPSA) is 72.5 Å². The molecule has 148 valence electrons. The van der Waals surface area contributed by atoms with E-state index in [1.54, 1.807) is 0 Å². The van der Waals surface area contributed by atoms with Crippen molar-refractivity contribution in [2.45, 2.75) is 83.8 Å². The second-order valence-corrected chi connectivity index (χ2v) is 8.49. The quantitative estimate of drug-likeness (QED) is 0.553. The fraction of sp³-hybridized carbons (Fsp3) is 0.947. The van der Waals surface area contributed by atoms with Crippen LogP contribution >= 0.6 is 0 Å². The van der Waals surface area contributed by atoms with Gasteiger partial charge in [0.2, 0.25) is 12.1 Å². The molecule has 0 aromatic heterocycles. The lowest BCUT2D eigenvalue weighted by atomic mass is 9.58. The van der Waals surface area contributed by atoms with Crippen molar-refractivity contribution in [1.82, 2.24) is 0 Å². The Bertz CT molecular complexity index is 554. The van der Waals surface area contributed by atoms with Crippen LogP contribution in [0.15, 0.2) is 0 Å². The third-order valence-corrected chi connectivity index (χ3v) is 6.73. The maximum Gasteiger partial charge on any atom is 0.510 e. The average Bonchev–Trinajstić information content (AvgIpc) is 2.84. The van der Waals surface area contributed by atoms with Crippen LogP contribution in [0.1, 0.15) is 59.8 Å². The minimum absolute atomic E-state index is 0.0370. The van der Waals surface area contributed by atoms with Gasteiger partial charge in [0.05, 0.1) is 6.61 Å². The number of fused-ring (bicyclic) bond motifs is 2. The zero-order valence-corrected chi connectivity index (χ0v) is 16.1. The summed E-state index contributed by atoms with van der Waals surface area (Å²) in [6.07, 6.45) is 2.55. The number of hydrogen-bond acceptors (Lipinski definition) is 7. The highest BCUT2D eigenvalue weighted by atomic mass is 17.3. The van der Waals surface area contributed by atoms with Gasteiger partial charge >= 0.3 is 6.16 Å². The predicted molar refractivity (Wildman–Crippen MR) is 89.6 cm³/mol. The second kappa shape index (κ2) is 6.62. The van der Waals surface area contributed by atoms with Gasteiger partial charge in [0, 0.05) is 18.3 Å². The lowest BCUT2D eigenvalue weighted by molar-refractivity contribution is -0.576. The summed E-state index contributed by atoms with van der Waals surface area (Å²) in [6.45, 7) is 8.47. The van der Waals surface area contributed by atoms with E-state index in [9.17, 15) is 4.79 Å². The summed E-state index contributed by atoms with van der Waals surface area (Å²) in [4.78, 5) is 23.8. The van der Waals surface area contributed by atoms with Gasteiger partial charge < -0.3 is 18.9 Å². The van der Waals surface area contributed by atoms with Gasteiger partial charge in [-0.1, -0.05) is 20.8 Å². The Morgan fingerprint density at radius 3 is 2.73 bits per heavy atom. The van der Waals surface area contributed by atoms with Crippen LogP contribution in [0.25, 0.3) is 0 Å². The summed E-state index contributed by atoms with van der Waals surface area (Å²) < 4.78 is 22.9. The van der Waals surface area contributed by atoms with E-state index in [1.165, 1.54) is 0 Å². The zero-order chi connectivity index (χ0) is 18.5. The predicted octanol–water partition coefficient (Wildman–Crippen LogP) is 3.76. The van der Waals surface area contributed by atoms with Crippen LogP contribution in [-0.2, 0) is 28.7 Å². The first-order chi connectivity index (χ1) is 12.4. The fourth-order valence-corrected chi connectivity index (χ4v) is 5.32. The van der Waals surface area contributed by atoms with E-state index in [1.807, 2.05) is 20.8 Å².